The zero-order valence-electron chi connectivity index (χ0n) is 9.59. The van der Waals surface area contributed by atoms with E-state index in [9.17, 15) is 12.8 Å². The Hall–Kier alpha value is -1.45. The first-order valence-electron chi connectivity index (χ1n) is 4.97. The van der Waals surface area contributed by atoms with E-state index in [0.717, 1.165) is 4.31 Å². The van der Waals surface area contributed by atoms with Gasteiger partial charge in [-0.3, -0.25) is 0 Å². The highest BCUT2D eigenvalue weighted by atomic mass is 32.2. The lowest BCUT2D eigenvalue weighted by atomic mass is 10.2. The van der Waals surface area contributed by atoms with Gasteiger partial charge in [0.15, 0.2) is 5.25 Å². The summed E-state index contributed by atoms with van der Waals surface area (Å²) < 4.78 is 37.8. The summed E-state index contributed by atoms with van der Waals surface area (Å²) >= 11 is 0. The normalized spacial score (nSPS) is 13.4. The first kappa shape index (κ1) is 13.6. The molecule has 0 amide bonds. The summed E-state index contributed by atoms with van der Waals surface area (Å²) in [6, 6.07) is 7.61. The molecule has 1 rings (SSSR count). The molecule has 0 bridgehead atoms. The summed E-state index contributed by atoms with van der Waals surface area (Å²) in [5, 5.41) is 7.47. The molecule has 0 aliphatic carbocycles. The lowest BCUT2D eigenvalue weighted by Crippen LogP contribution is -2.33. The lowest BCUT2D eigenvalue weighted by Gasteiger charge is -2.18. The predicted molar refractivity (Wildman–Crippen MR) is 61.9 cm³/mol. The number of halogens is 1. The minimum absolute atomic E-state index is 0.0823. The molecule has 0 N–H and O–H groups in total. The van der Waals surface area contributed by atoms with Crippen LogP contribution in [0.25, 0.3) is 0 Å². The van der Waals surface area contributed by atoms with Crippen molar-refractivity contribution in [3.8, 4) is 6.07 Å². The van der Waals surface area contributed by atoms with E-state index in [1.54, 1.807) is 12.1 Å². The topological polar surface area (TPSA) is 61.2 Å². The first-order chi connectivity index (χ1) is 7.89. The van der Waals surface area contributed by atoms with Gasteiger partial charge in [-0.25, -0.2) is 12.8 Å². The Morgan fingerprint density at radius 1 is 1.47 bits per heavy atom. The Kier molecular flexibility index (Phi) is 4.21. The van der Waals surface area contributed by atoms with E-state index in [1.807, 2.05) is 0 Å². The molecule has 1 aromatic rings. The van der Waals surface area contributed by atoms with Gasteiger partial charge in [0.25, 0.3) is 0 Å². The van der Waals surface area contributed by atoms with Gasteiger partial charge >= 0.3 is 0 Å². The van der Waals surface area contributed by atoms with Crippen molar-refractivity contribution in [3.63, 3.8) is 0 Å². The van der Waals surface area contributed by atoms with E-state index < -0.39 is 21.1 Å². The molecule has 0 aromatic heterocycles. The zero-order valence-corrected chi connectivity index (χ0v) is 10.4. The van der Waals surface area contributed by atoms with Gasteiger partial charge in [0.1, 0.15) is 5.82 Å². The van der Waals surface area contributed by atoms with Gasteiger partial charge in [0.05, 0.1) is 6.07 Å². The van der Waals surface area contributed by atoms with E-state index in [1.165, 1.54) is 32.2 Å². The van der Waals surface area contributed by atoms with Crippen LogP contribution in [0.2, 0.25) is 0 Å². The van der Waals surface area contributed by atoms with Gasteiger partial charge in [-0.1, -0.05) is 18.2 Å². The van der Waals surface area contributed by atoms with Crippen molar-refractivity contribution in [2.24, 2.45) is 0 Å². The second-order valence-corrected chi connectivity index (χ2v) is 6.02. The van der Waals surface area contributed by atoms with E-state index in [-0.39, 0.29) is 12.1 Å². The van der Waals surface area contributed by atoms with Crippen LogP contribution in [-0.2, 0) is 16.6 Å². The molecule has 1 unspecified atom stereocenters. The van der Waals surface area contributed by atoms with E-state index in [0.29, 0.717) is 0 Å². The molecule has 1 aromatic carbocycles. The van der Waals surface area contributed by atoms with Crippen molar-refractivity contribution in [1.82, 2.24) is 4.31 Å². The van der Waals surface area contributed by atoms with Crippen molar-refractivity contribution < 1.29 is 12.8 Å². The van der Waals surface area contributed by atoms with Crippen LogP contribution in [0.1, 0.15) is 12.5 Å². The fourth-order valence-electron chi connectivity index (χ4n) is 1.29. The number of nitrogens with zero attached hydrogens (tertiary/aromatic N) is 2. The fraction of sp³-hybridized carbons (Fsp3) is 0.364. The number of sulfonamides is 1. The highest BCUT2D eigenvalue weighted by molar-refractivity contribution is 7.89. The summed E-state index contributed by atoms with van der Waals surface area (Å²) in [4.78, 5) is 0. The average molecular weight is 256 g/mol. The Bertz CT molecular complexity index is 537. The summed E-state index contributed by atoms with van der Waals surface area (Å²) in [6.45, 7) is 1.22. The summed E-state index contributed by atoms with van der Waals surface area (Å²) in [5.41, 5.74) is 0.281. The summed E-state index contributed by atoms with van der Waals surface area (Å²) in [5.74, 6) is -0.459. The quantitative estimate of drug-likeness (QED) is 0.820. The highest BCUT2D eigenvalue weighted by Crippen LogP contribution is 2.13. The predicted octanol–water partition coefficient (Wildman–Crippen LogP) is 1.50. The Labute approximate surface area is 100 Å². The van der Waals surface area contributed by atoms with E-state index in [4.69, 9.17) is 5.26 Å². The number of rotatable bonds is 4. The molecule has 0 aliphatic heterocycles. The monoisotopic (exact) mass is 256 g/mol. The maximum absolute atomic E-state index is 13.3. The molecule has 92 valence electrons. The molecule has 17 heavy (non-hydrogen) atoms. The van der Waals surface area contributed by atoms with E-state index >= 15 is 0 Å². The molecule has 4 nitrogen and oxygen atoms in total. The Morgan fingerprint density at radius 2 is 2.06 bits per heavy atom. The van der Waals surface area contributed by atoms with Crippen LogP contribution < -0.4 is 0 Å². The molecule has 0 fully saturated rings. The van der Waals surface area contributed by atoms with Crippen LogP contribution in [-0.4, -0.2) is 25.0 Å². The number of hydrogen-bond donors (Lipinski definition) is 0. The lowest BCUT2D eigenvalue weighted by molar-refractivity contribution is 0.453. The third-order valence-electron chi connectivity index (χ3n) is 2.41. The van der Waals surface area contributed by atoms with Crippen LogP contribution in [0.5, 0.6) is 0 Å². The molecular weight excluding hydrogens is 243 g/mol. The fourth-order valence-corrected chi connectivity index (χ4v) is 2.29. The van der Waals surface area contributed by atoms with Crippen LogP contribution in [0.15, 0.2) is 24.3 Å². The number of hydrogen-bond acceptors (Lipinski definition) is 3. The molecule has 0 aliphatic rings. The smallest absolute Gasteiger partial charge is 0.211 e. The molecule has 0 saturated heterocycles. The number of benzene rings is 1. The SMILES string of the molecule is CC(C#N)S(=O)(=O)N(C)Cc1ccccc1F. The van der Waals surface area contributed by atoms with Crippen molar-refractivity contribution in [1.29, 1.82) is 5.26 Å². The molecule has 0 saturated carbocycles. The first-order valence-corrected chi connectivity index (χ1v) is 6.48. The largest absolute Gasteiger partial charge is 0.230 e. The van der Waals surface area contributed by atoms with Gasteiger partial charge in [0.2, 0.25) is 10.0 Å². The van der Waals surface area contributed by atoms with Gasteiger partial charge in [-0.05, 0) is 13.0 Å². The molecule has 0 heterocycles. The third-order valence-corrected chi connectivity index (χ3v) is 4.41. The summed E-state index contributed by atoms with van der Waals surface area (Å²) in [7, 11) is -2.37. The number of nitriles is 1. The van der Waals surface area contributed by atoms with Gasteiger partial charge < -0.3 is 0 Å². The van der Waals surface area contributed by atoms with Crippen LogP contribution >= 0.6 is 0 Å². The molecular formula is C11H13FN2O2S. The third kappa shape index (κ3) is 3.02. The van der Waals surface area contributed by atoms with Crippen LogP contribution in [0, 0.1) is 17.1 Å². The highest BCUT2D eigenvalue weighted by Gasteiger charge is 2.26. The molecule has 0 spiro atoms. The Balaban J connectivity index is 2.92. The molecule has 1 atom stereocenters. The van der Waals surface area contributed by atoms with Gasteiger partial charge in [0, 0.05) is 19.2 Å². The minimum atomic E-state index is -3.70. The maximum Gasteiger partial charge on any atom is 0.230 e. The van der Waals surface area contributed by atoms with Crippen molar-refractivity contribution >= 4 is 10.0 Å². The van der Waals surface area contributed by atoms with Crippen LogP contribution in [0.4, 0.5) is 4.39 Å². The van der Waals surface area contributed by atoms with Gasteiger partial charge in [-0.15, -0.1) is 0 Å². The second kappa shape index (κ2) is 5.25. The van der Waals surface area contributed by atoms with Crippen molar-refractivity contribution in [3.05, 3.63) is 35.6 Å². The molecule has 0 radical (unpaired) electrons. The average Bonchev–Trinajstić information content (AvgIpc) is 2.30. The van der Waals surface area contributed by atoms with Crippen molar-refractivity contribution in [2.45, 2.75) is 18.7 Å². The van der Waals surface area contributed by atoms with E-state index in [2.05, 4.69) is 0 Å². The van der Waals surface area contributed by atoms with Crippen LogP contribution in [0.3, 0.4) is 0 Å². The van der Waals surface area contributed by atoms with Gasteiger partial charge in [-0.2, -0.15) is 9.57 Å². The zero-order chi connectivity index (χ0) is 13.1. The summed E-state index contributed by atoms with van der Waals surface area (Å²) in [6.07, 6.45) is 0. The van der Waals surface area contributed by atoms with Crippen molar-refractivity contribution in [2.75, 3.05) is 7.05 Å². The maximum atomic E-state index is 13.3. The standard InChI is InChI=1S/C11H13FN2O2S/c1-9(7-13)17(15,16)14(2)8-10-5-3-4-6-11(10)12/h3-6,9H,8H2,1-2H3. The minimum Gasteiger partial charge on any atom is -0.211 e. The molecule has 6 heteroatoms. The Morgan fingerprint density at radius 3 is 2.59 bits per heavy atom. The second-order valence-electron chi connectivity index (χ2n) is 3.66.